The first-order valence-electron chi connectivity index (χ1n) is 5.29. The highest BCUT2D eigenvalue weighted by molar-refractivity contribution is 7.92. The van der Waals surface area contributed by atoms with Crippen molar-refractivity contribution in [3.05, 3.63) is 52.3 Å². The van der Waals surface area contributed by atoms with Crippen molar-refractivity contribution in [2.24, 2.45) is 0 Å². The number of nitrogens with one attached hydrogen (secondary N) is 1. The quantitative estimate of drug-likeness (QED) is 0.882. The molecule has 7 heteroatoms. The molecule has 100 valence electrons. The fraction of sp³-hybridized carbons (Fsp3) is 0.0833. The molecule has 0 spiro atoms. The van der Waals surface area contributed by atoms with Gasteiger partial charge in [-0.05, 0) is 42.8 Å². The van der Waals surface area contributed by atoms with Crippen LogP contribution in [0, 0.1) is 6.92 Å². The second-order valence-corrected chi connectivity index (χ2v) is 6.39. The third-order valence-corrected chi connectivity index (χ3v) is 4.25. The highest BCUT2D eigenvalue weighted by Gasteiger charge is 2.15. The predicted molar refractivity (Wildman–Crippen MR) is 76.2 cm³/mol. The fourth-order valence-corrected chi connectivity index (χ4v) is 3.11. The Hall–Kier alpha value is -1.30. The summed E-state index contributed by atoms with van der Waals surface area (Å²) in [7, 11) is -3.69. The number of rotatable bonds is 3. The highest BCUT2D eigenvalue weighted by atomic mass is 35.5. The van der Waals surface area contributed by atoms with Crippen molar-refractivity contribution in [3.63, 3.8) is 0 Å². The summed E-state index contributed by atoms with van der Waals surface area (Å²) in [6, 6.07) is 7.57. The standard InChI is InChI=1S/C12H10Cl2N2O2S/c1-8-6-9(13)2-3-11(8)16-19(17,18)10-4-5-15-12(14)7-10/h2-7,16H,1H3. The molecule has 2 aromatic rings. The van der Waals surface area contributed by atoms with Crippen molar-refractivity contribution in [1.29, 1.82) is 0 Å². The normalized spacial score (nSPS) is 11.3. The van der Waals surface area contributed by atoms with Gasteiger partial charge in [-0.1, -0.05) is 23.2 Å². The molecule has 0 fully saturated rings. The number of hydrogen-bond donors (Lipinski definition) is 1. The van der Waals surface area contributed by atoms with Crippen LogP contribution in [0.1, 0.15) is 5.56 Å². The smallest absolute Gasteiger partial charge is 0.262 e. The van der Waals surface area contributed by atoms with Gasteiger partial charge in [0.25, 0.3) is 10.0 Å². The Bertz CT molecular complexity index is 717. The summed E-state index contributed by atoms with van der Waals surface area (Å²) in [6.45, 7) is 1.77. The largest absolute Gasteiger partial charge is 0.279 e. The Morgan fingerprint density at radius 1 is 1.16 bits per heavy atom. The number of nitrogens with zero attached hydrogens (tertiary/aromatic N) is 1. The lowest BCUT2D eigenvalue weighted by Crippen LogP contribution is -2.13. The van der Waals surface area contributed by atoms with Gasteiger partial charge < -0.3 is 0 Å². The van der Waals surface area contributed by atoms with E-state index in [1.165, 1.54) is 18.3 Å². The van der Waals surface area contributed by atoms with Gasteiger partial charge in [-0.25, -0.2) is 13.4 Å². The van der Waals surface area contributed by atoms with Crippen molar-refractivity contribution >= 4 is 38.9 Å². The van der Waals surface area contributed by atoms with Crippen LogP contribution >= 0.6 is 23.2 Å². The van der Waals surface area contributed by atoms with Crippen LogP contribution in [0.3, 0.4) is 0 Å². The summed E-state index contributed by atoms with van der Waals surface area (Å²) >= 11 is 11.5. The minimum atomic E-state index is -3.69. The Morgan fingerprint density at radius 2 is 1.89 bits per heavy atom. The van der Waals surface area contributed by atoms with Crippen molar-refractivity contribution in [3.8, 4) is 0 Å². The maximum Gasteiger partial charge on any atom is 0.262 e. The molecule has 0 aliphatic carbocycles. The molecule has 1 heterocycles. The maximum atomic E-state index is 12.2. The highest BCUT2D eigenvalue weighted by Crippen LogP contribution is 2.23. The lowest BCUT2D eigenvalue weighted by atomic mass is 10.2. The number of anilines is 1. The zero-order chi connectivity index (χ0) is 14.0. The number of hydrogen-bond acceptors (Lipinski definition) is 3. The van der Waals surface area contributed by atoms with Crippen LogP contribution in [0.15, 0.2) is 41.4 Å². The van der Waals surface area contributed by atoms with Crippen molar-refractivity contribution < 1.29 is 8.42 Å². The van der Waals surface area contributed by atoms with Crippen molar-refractivity contribution in [2.45, 2.75) is 11.8 Å². The first-order chi connectivity index (χ1) is 8.88. The number of aromatic nitrogens is 1. The third-order valence-electron chi connectivity index (χ3n) is 2.44. The summed E-state index contributed by atoms with van der Waals surface area (Å²) in [5.74, 6) is 0. The van der Waals surface area contributed by atoms with Crippen molar-refractivity contribution in [1.82, 2.24) is 4.98 Å². The number of pyridine rings is 1. The van der Waals surface area contributed by atoms with Gasteiger partial charge in [0.15, 0.2) is 0 Å². The van der Waals surface area contributed by atoms with Gasteiger partial charge >= 0.3 is 0 Å². The number of sulfonamides is 1. The topological polar surface area (TPSA) is 59.1 Å². The first kappa shape index (κ1) is 14.1. The SMILES string of the molecule is Cc1cc(Cl)ccc1NS(=O)(=O)c1ccnc(Cl)c1. The van der Waals surface area contributed by atoms with Gasteiger partial charge in [-0.15, -0.1) is 0 Å². The van der Waals surface area contributed by atoms with Gasteiger partial charge in [0.1, 0.15) is 5.15 Å². The van der Waals surface area contributed by atoms with Gasteiger partial charge in [0.05, 0.1) is 10.6 Å². The Labute approximate surface area is 121 Å². The Kier molecular flexibility index (Phi) is 3.99. The molecule has 1 N–H and O–H groups in total. The fourth-order valence-electron chi connectivity index (χ4n) is 1.50. The first-order valence-corrected chi connectivity index (χ1v) is 7.53. The molecule has 0 saturated carbocycles. The van der Waals surface area contributed by atoms with Gasteiger partial charge in [0, 0.05) is 11.2 Å². The Balaban J connectivity index is 2.36. The molecule has 1 aromatic carbocycles. The lowest BCUT2D eigenvalue weighted by molar-refractivity contribution is 0.601. The van der Waals surface area contributed by atoms with E-state index in [1.54, 1.807) is 25.1 Å². The maximum absolute atomic E-state index is 12.2. The van der Waals surface area contributed by atoms with E-state index in [1.807, 2.05) is 0 Å². The molecule has 0 saturated heterocycles. The van der Waals surface area contributed by atoms with Crippen LogP contribution in [0.25, 0.3) is 0 Å². The second-order valence-electron chi connectivity index (χ2n) is 3.88. The van der Waals surface area contributed by atoms with E-state index in [2.05, 4.69) is 9.71 Å². The molecule has 2 rings (SSSR count). The van der Waals surface area contributed by atoms with E-state index in [4.69, 9.17) is 23.2 Å². The molecule has 0 aliphatic rings. The summed E-state index contributed by atoms with van der Waals surface area (Å²) < 4.78 is 26.8. The summed E-state index contributed by atoms with van der Waals surface area (Å²) in [6.07, 6.45) is 1.34. The second kappa shape index (κ2) is 5.36. The van der Waals surface area contributed by atoms with Crippen LogP contribution in [0.4, 0.5) is 5.69 Å². The minimum absolute atomic E-state index is 0.0573. The zero-order valence-corrected chi connectivity index (χ0v) is 12.2. The predicted octanol–water partition coefficient (Wildman–Crippen LogP) is 3.50. The minimum Gasteiger partial charge on any atom is -0.279 e. The van der Waals surface area contributed by atoms with Gasteiger partial charge in [-0.2, -0.15) is 0 Å². The van der Waals surface area contributed by atoms with E-state index >= 15 is 0 Å². The molecular formula is C12H10Cl2N2O2S. The lowest BCUT2D eigenvalue weighted by Gasteiger charge is -2.10. The van der Waals surface area contributed by atoms with E-state index in [0.29, 0.717) is 10.7 Å². The molecule has 19 heavy (non-hydrogen) atoms. The van der Waals surface area contributed by atoms with Crippen LogP contribution in [-0.4, -0.2) is 13.4 Å². The molecule has 4 nitrogen and oxygen atoms in total. The monoisotopic (exact) mass is 316 g/mol. The van der Waals surface area contributed by atoms with E-state index in [-0.39, 0.29) is 10.0 Å². The van der Waals surface area contributed by atoms with Gasteiger partial charge in [0.2, 0.25) is 0 Å². The number of aryl methyl sites for hydroxylation is 1. The summed E-state index contributed by atoms with van der Waals surface area (Å²) in [4.78, 5) is 3.80. The zero-order valence-electron chi connectivity index (χ0n) is 9.89. The molecule has 0 unspecified atom stereocenters. The van der Waals surface area contributed by atoms with Crippen LogP contribution in [0.5, 0.6) is 0 Å². The molecule has 0 radical (unpaired) electrons. The molecule has 0 bridgehead atoms. The van der Waals surface area contributed by atoms with Crippen LogP contribution < -0.4 is 4.72 Å². The van der Waals surface area contributed by atoms with Crippen LogP contribution in [-0.2, 0) is 10.0 Å². The summed E-state index contributed by atoms with van der Waals surface area (Å²) in [5.41, 5.74) is 1.20. The molecule has 1 aromatic heterocycles. The molecular weight excluding hydrogens is 307 g/mol. The molecule has 0 aliphatic heterocycles. The van der Waals surface area contributed by atoms with Crippen LogP contribution in [0.2, 0.25) is 10.2 Å². The summed E-state index contributed by atoms with van der Waals surface area (Å²) in [5, 5.41) is 0.670. The van der Waals surface area contributed by atoms with Gasteiger partial charge in [-0.3, -0.25) is 4.72 Å². The van der Waals surface area contributed by atoms with E-state index in [0.717, 1.165) is 5.56 Å². The molecule has 0 amide bonds. The van der Waals surface area contributed by atoms with Crippen molar-refractivity contribution in [2.75, 3.05) is 4.72 Å². The molecule has 0 atom stereocenters. The third kappa shape index (κ3) is 3.37. The number of halogens is 2. The number of benzene rings is 1. The van der Waals surface area contributed by atoms with E-state index < -0.39 is 10.0 Å². The average molecular weight is 317 g/mol. The Morgan fingerprint density at radius 3 is 2.53 bits per heavy atom. The van der Waals surface area contributed by atoms with E-state index in [9.17, 15) is 8.42 Å². The average Bonchev–Trinajstić information content (AvgIpc) is 2.33.